The number of amides is 1. The molecule has 0 bridgehead atoms. The van der Waals surface area contributed by atoms with E-state index in [0.717, 1.165) is 5.01 Å². The topological polar surface area (TPSA) is 58.1 Å². The third-order valence-electron chi connectivity index (χ3n) is 3.64. The van der Waals surface area contributed by atoms with Crippen LogP contribution in [0.1, 0.15) is 16.1 Å². The summed E-state index contributed by atoms with van der Waals surface area (Å²) in [6.45, 7) is 3.57. The van der Waals surface area contributed by atoms with E-state index >= 15 is 0 Å². The van der Waals surface area contributed by atoms with Crippen LogP contribution in [-0.4, -0.2) is 27.5 Å². The molecule has 3 aromatic rings. The highest BCUT2D eigenvalue weighted by Gasteiger charge is 2.14. The van der Waals surface area contributed by atoms with Crippen molar-refractivity contribution >= 4 is 22.4 Å². The van der Waals surface area contributed by atoms with Gasteiger partial charge in [0, 0.05) is 13.1 Å². The average molecular weight is 352 g/mol. The second-order valence-corrected chi connectivity index (χ2v) is 6.97. The summed E-state index contributed by atoms with van der Waals surface area (Å²) in [6, 6.07) is 20.3. The molecule has 1 heterocycles. The zero-order valence-corrected chi connectivity index (χ0v) is 14.9. The third-order valence-corrected chi connectivity index (χ3v) is 4.39. The molecule has 5 nitrogen and oxygen atoms in total. The van der Waals surface area contributed by atoms with Crippen molar-refractivity contribution in [3.63, 3.8) is 0 Å². The van der Waals surface area contributed by atoms with Crippen LogP contribution in [0.3, 0.4) is 0 Å². The molecule has 0 aliphatic rings. The van der Waals surface area contributed by atoms with E-state index in [2.05, 4.69) is 44.7 Å². The molecule has 0 spiro atoms. The van der Waals surface area contributed by atoms with Gasteiger partial charge in [0.15, 0.2) is 0 Å². The number of nitrogens with zero attached hydrogens (tertiary/aromatic N) is 3. The minimum Gasteiger partial charge on any atom is -0.299 e. The summed E-state index contributed by atoms with van der Waals surface area (Å²) in [5.74, 6) is -0.0805. The molecule has 128 valence electrons. The maximum absolute atomic E-state index is 12.4. The molecule has 0 fully saturated rings. The smallest absolute Gasteiger partial charge is 0.240 e. The van der Waals surface area contributed by atoms with Crippen LogP contribution < -0.4 is 5.32 Å². The molecule has 0 unspecified atom stereocenters. The molecule has 0 saturated carbocycles. The minimum absolute atomic E-state index is 0.0805. The highest BCUT2D eigenvalue weighted by molar-refractivity contribution is 7.15. The number of aryl methyl sites for hydroxylation is 1. The van der Waals surface area contributed by atoms with Gasteiger partial charge < -0.3 is 0 Å². The van der Waals surface area contributed by atoms with Gasteiger partial charge >= 0.3 is 0 Å². The van der Waals surface area contributed by atoms with Gasteiger partial charge in [0.05, 0.1) is 6.54 Å². The molecule has 1 aromatic heterocycles. The Morgan fingerprint density at radius 3 is 2.00 bits per heavy atom. The molecule has 2 aromatic carbocycles. The number of benzene rings is 2. The monoisotopic (exact) mass is 352 g/mol. The fourth-order valence-corrected chi connectivity index (χ4v) is 3.17. The Balaban J connectivity index is 1.67. The maximum Gasteiger partial charge on any atom is 0.240 e. The first-order chi connectivity index (χ1) is 12.2. The van der Waals surface area contributed by atoms with E-state index in [1.165, 1.54) is 22.5 Å². The number of hydrogen-bond acceptors (Lipinski definition) is 5. The van der Waals surface area contributed by atoms with Crippen LogP contribution >= 0.6 is 11.3 Å². The predicted octanol–water partition coefficient (Wildman–Crippen LogP) is 3.49. The minimum atomic E-state index is -0.0805. The Bertz CT molecular complexity index is 763. The summed E-state index contributed by atoms with van der Waals surface area (Å²) in [6.07, 6.45) is 0. The van der Waals surface area contributed by atoms with Crippen LogP contribution in [0.25, 0.3) is 0 Å². The average Bonchev–Trinajstić information content (AvgIpc) is 3.01. The first-order valence-electron chi connectivity index (χ1n) is 8.09. The second-order valence-electron chi connectivity index (χ2n) is 5.79. The van der Waals surface area contributed by atoms with E-state index in [0.29, 0.717) is 24.8 Å². The van der Waals surface area contributed by atoms with Gasteiger partial charge in [0.25, 0.3) is 0 Å². The summed E-state index contributed by atoms with van der Waals surface area (Å²) in [5.41, 5.74) is 2.36. The Labute approximate surface area is 151 Å². The first kappa shape index (κ1) is 17.3. The SMILES string of the molecule is Cc1nnc(NC(=O)CN(Cc2ccccc2)Cc2ccccc2)s1. The van der Waals surface area contributed by atoms with Crippen molar-refractivity contribution in [2.24, 2.45) is 0 Å². The number of carbonyl (C=O) groups excluding carboxylic acids is 1. The fraction of sp³-hybridized carbons (Fsp3) is 0.211. The van der Waals surface area contributed by atoms with Crippen LogP contribution in [0.4, 0.5) is 5.13 Å². The van der Waals surface area contributed by atoms with Crippen molar-refractivity contribution in [2.45, 2.75) is 20.0 Å². The number of hydrogen-bond donors (Lipinski definition) is 1. The largest absolute Gasteiger partial charge is 0.299 e. The molecule has 0 atom stereocenters. The lowest BCUT2D eigenvalue weighted by atomic mass is 10.1. The quantitative estimate of drug-likeness (QED) is 0.707. The normalized spacial score (nSPS) is 10.8. The van der Waals surface area contributed by atoms with Crippen molar-refractivity contribution in [3.8, 4) is 0 Å². The van der Waals surface area contributed by atoms with Crippen LogP contribution in [0, 0.1) is 6.92 Å². The lowest BCUT2D eigenvalue weighted by Gasteiger charge is -2.21. The number of aromatic nitrogens is 2. The molecular formula is C19H20N4OS. The molecule has 0 aliphatic heterocycles. The number of rotatable bonds is 7. The fourth-order valence-electron chi connectivity index (χ4n) is 2.56. The Hall–Kier alpha value is -2.57. The second kappa shape index (κ2) is 8.50. The molecular weight excluding hydrogens is 332 g/mol. The summed E-state index contributed by atoms with van der Waals surface area (Å²) in [7, 11) is 0. The van der Waals surface area contributed by atoms with E-state index in [1.807, 2.05) is 43.3 Å². The molecule has 0 radical (unpaired) electrons. The summed E-state index contributed by atoms with van der Waals surface area (Å²) in [5, 5.41) is 12.1. The molecule has 25 heavy (non-hydrogen) atoms. The third kappa shape index (κ3) is 5.48. The summed E-state index contributed by atoms with van der Waals surface area (Å²) < 4.78 is 0. The van der Waals surface area contributed by atoms with E-state index in [1.54, 1.807) is 0 Å². The number of anilines is 1. The maximum atomic E-state index is 12.4. The van der Waals surface area contributed by atoms with Crippen LogP contribution in [-0.2, 0) is 17.9 Å². The lowest BCUT2D eigenvalue weighted by molar-refractivity contribution is -0.117. The van der Waals surface area contributed by atoms with Crippen molar-refractivity contribution in [3.05, 3.63) is 76.8 Å². The van der Waals surface area contributed by atoms with Crippen molar-refractivity contribution in [2.75, 3.05) is 11.9 Å². The Morgan fingerprint density at radius 2 is 1.52 bits per heavy atom. The van der Waals surface area contributed by atoms with Crippen molar-refractivity contribution < 1.29 is 4.79 Å². The first-order valence-corrected chi connectivity index (χ1v) is 8.91. The summed E-state index contributed by atoms with van der Waals surface area (Å²) in [4.78, 5) is 14.5. The zero-order chi connectivity index (χ0) is 17.5. The Morgan fingerprint density at radius 1 is 0.960 bits per heavy atom. The van der Waals surface area contributed by atoms with Crippen molar-refractivity contribution in [1.29, 1.82) is 0 Å². The van der Waals surface area contributed by atoms with E-state index in [9.17, 15) is 4.79 Å². The highest BCUT2D eigenvalue weighted by atomic mass is 32.1. The molecule has 3 rings (SSSR count). The standard InChI is InChI=1S/C19H20N4OS/c1-15-21-22-19(25-15)20-18(24)14-23(12-16-8-4-2-5-9-16)13-17-10-6-3-7-11-17/h2-11H,12-14H2,1H3,(H,20,22,24). The summed E-state index contributed by atoms with van der Waals surface area (Å²) >= 11 is 1.38. The predicted molar refractivity (Wildman–Crippen MR) is 100 cm³/mol. The van der Waals surface area contributed by atoms with Gasteiger partial charge in [-0.3, -0.25) is 15.0 Å². The lowest BCUT2D eigenvalue weighted by Crippen LogP contribution is -2.32. The molecule has 0 saturated heterocycles. The zero-order valence-electron chi connectivity index (χ0n) is 14.1. The van der Waals surface area contributed by atoms with E-state index in [4.69, 9.17) is 0 Å². The van der Waals surface area contributed by atoms with Gasteiger partial charge in [0.1, 0.15) is 5.01 Å². The van der Waals surface area contributed by atoms with Crippen molar-refractivity contribution in [1.82, 2.24) is 15.1 Å². The molecule has 0 aliphatic carbocycles. The molecule has 1 N–H and O–H groups in total. The van der Waals surface area contributed by atoms with Gasteiger partial charge in [-0.05, 0) is 18.1 Å². The van der Waals surface area contributed by atoms with E-state index < -0.39 is 0 Å². The Kier molecular flexibility index (Phi) is 5.87. The highest BCUT2D eigenvalue weighted by Crippen LogP contribution is 2.14. The molecule has 1 amide bonds. The van der Waals surface area contributed by atoms with Gasteiger partial charge in [-0.15, -0.1) is 10.2 Å². The molecule has 6 heteroatoms. The number of nitrogens with one attached hydrogen (secondary N) is 1. The van der Waals surface area contributed by atoms with Gasteiger partial charge in [-0.25, -0.2) is 0 Å². The van der Waals surface area contributed by atoms with Gasteiger partial charge in [0.2, 0.25) is 11.0 Å². The van der Waals surface area contributed by atoms with Gasteiger partial charge in [-0.1, -0.05) is 72.0 Å². The van der Waals surface area contributed by atoms with Crippen LogP contribution in [0.15, 0.2) is 60.7 Å². The van der Waals surface area contributed by atoms with Crippen LogP contribution in [0.2, 0.25) is 0 Å². The van der Waals surface area contributed by atoms with E-state index in [-0.39, 0.29) is 5.91 Å². The van der Waals surface area contributed by atoms with Crippen LogP contribution in [0.5, 0.6) is 0 Å². The van der Waals surface area contributed by atoms with Gasteiger partial charge in [-0.2, -0.15) is 0 Å². The number of carbonyl (C=O) groups is 1.